The molecule has 1 unspecified atom stereocenters. The molecular formula is C59H40N2. The van der Waals surface area contributed by atoms with Crippen LogP contribution in [-0.2, 0) is 5.41 Å². The Bertz CT molecular complexity index is 3210. The van der Waals surface area contributed by atoms with Crippen molar-refractivity contribution in [2.24, 2.45) is 0 Å². The third-order valence-corrected chi connectivity index (χ3v) is 12.8. The minimum Gasteiger partial charge on any atom is -0.310 e. The second-order valence-electron chi connectivity index (χ2n) is 16.0. The van der Waals surface area contributed by atoms with Gasteiger partial charge >= 0.3 is 0 Å². The van der Waals surface area contributed by atoms with Gasteiger partial charge in [-0.05, 0) is 116 Å². The Balaban J connectivity index is 1.20. The van der Waals surface area contributed by atoms with Gasteiger partial charge in [0.25, 0.3) is 0 Å². The van der Waals surface area contributed by atoms with Gasteiger partial charge in [-0.3, -0.25) is 0 Å². The van der Waals surface area contributed by atoms with Crippen LogP contribution in [0.25, 0.3) is 44.2 Å². The second-order valence-corrected chi connectivity index (χ2v) is 16.0. The van der Waals surface area contributed by atoms with Crippen molar-refractivity contribution in [3.05, 3.63) is 265 Å². The first-order valence-electron chi connectivity index (χ1n) is 21.1. The van der Waals surface area contributed by atoms with Gasteiger partial charge in [-0.2, -0.15) is 0 Å². The highest BCUT2D eigenvalue weighted by Crippen LogP contribution is 2.67. The molecule has 0 radical (unpaired) electrons. The third kappa shape index (κ3) is 5.29. The van der Waals surface area contributed by atoms with Gasteiger partial charge in [-0.25, -0.2) is 0 Å². The highest BCUT2D eigenvalue weighted by molar-refractivity contribution is 6.11. The average Bonchev–Trinajstić information content (AvgIpc) is 3.82. The molecule has 2 aliphatic rings. The number of hydrogen-bond acceptors (Lipinski definition) is 2. The first kappa shape index (κ1) is 35.0. The van der Waals surface area contributed by atoms with E-state index in [0.717, 1.165) is 34.1 Å². The van der Waals surface area contributed by atoms with Gasteiger partial charge in [0.1, 0.15) is 0 Å². The number of rotatable bonds is 7. The Morgan fingerprint density at radius 1 is 0.295 bits per heavy atom. The molecule has 0 aromatic heterocycles. The molecule has 61 heavy (non-hydrogen) atoms. The average molecular weight is 777 g/mol. The summed E-state index contributed by atoms with van der Waals surface area (Å²) in [5.74, 6) is 0. The number of para-hydroxylation sites is 3. The summed E-state index contributed by atoms with van der Waals surface area (Å²) in [6, 6.07) is 89.0. The summed E-state index contributed by atoms with van der Waals surface area (Å²) in [4.78, 5) is 4.92. The van der Waals surface area contributed by atoms with Crippen LogP contribution in [0.1, 0.15) is 22.3 Å². The molecule has 2 aliphatic carbocycles. The zero-order chi connectivity index (χ0) is 40.3. The van der Waals surface area contributed by atoms with Gasteiger partial charge in [0.15, 0.2) is 0 Å². The van der Waals surface area contributed by atoms with Crippen molar-refractivity contribution in [2.75, 3.05) is 9.80 Å². The van der Waals surface area contributed by atoms with Crippen LogP contribution in [0, 0.1) is 0 Å². The molecule has 0 bridgehead atoms. The SMILES string of the molecule is c1ccc(-c2cccc(N(c3ccccc3)c3cc4ccccc4c4c3-c3ccccc3C43c4ccccc4-c4c(N(c5ccccc5)c5ccccc5)cccc43)c2)cc1. The molecule has 286 valence electrons. The van der Waals surface area contributed by atoms with Crippen LogP contribution in [0.3, 0.4) is 0 Å². The monoisotopic (exact) mass is 776 g/mol. The second kappa shape index (κ2) is 14.1. The van der Waals surface area contributed by atoms with Gasteiger partial charge in [-0.15, -0.1) is 0 Å². The van der Waals surface area contributed by atoms with Crippen LogP contribution < -0.4 is 9.80 Å². The Morgan fingerprint density at radius 3 is 1.39 bits per heavy atom. The van der Waals surface area contributed by atoms with E-state index >= 15 is 0 Å². The van der Waals surface area contributed by atoms with Crippen LogP contribution in [-0.4, -0.2) is 0 Å². The molecule has 1 spiro atoms. The van der Waals surface area contributed by atoms with E-state index in [1.807, 2.05) is 0 Å². The summed E-state index contributed by atoms with van der Waals surface area (Å²) in [5, 5.41) is 2.47. The Labute approximate surface area is 356 Å². The van der Waals surface area contributed by atoms with E-state index in [2.05, 4.69) is 252 Å². The molecule has 0 N–H and O–H groups in total. The maximum Gasteiger partial charge on any atom is 0.0733 e. The summed E-state index contributed by atoms with van der Waals surface area (Å²) >= 11 is 0. The van der Waals surface area contributed by atoms with Crippen molar-refractivity contribution in [1.29, 1.82) is 0 Å². The molecule has 0 fully saturated rings. The first-order chi connectivity index (χ1) is 30.3. The quantitative estimate of drug-likeness (QED) is 0.159. The summed E-state index contributed by atoms with van der Waals surface area (Å²) in [5.41, 5.74) is 18.9. The lowest BCUT2D eigenvalue weighted by Crippen LogP contribution is -2.26. The van der Waals surface area contributed by atoms with Gasteiger partial charge in [0, 0.05) is 33.9 Å². The lowest BCUT2D eigenvalue weighted by Gasteiger charge is -2.34. The smallest absolute Gasteiger partial charge is 0.0733 e. The predicted octanol–water partition coefficient (Wildman–Crippen LogP) is 15.8. The van der Waals surface area contributed by atoms with Crippen molar-refractivity contribution in [2.45, 2.75) is 5.41 Å². The molecular weight excluding hydrogens is 737 g/mol. The highest BCUT2D eigenvalue weighted by atomic mass is 15.2. The number of hydrogen-bond donors (Lipinski definition) is 0. The van der Waals surface area contributed by atoms with Crippen LogP contribution in [0.4, 0.5) is 34.1 Å². The zero-order valence-corrected chi connectivity index (χ0v) is 33.5. The topological polar surface area (TPSA) is 6.48 Å². The number of nitrogens with zero attached hydrogens (tertiary/aromatic N) is 2. The molecule has 12 rings (SSSR count). The zero-order valence-electron chi connectivity index (χ0n) is 33.5. The lowest BCUT2D eigenvalue weighted by atomic mass is 9.69. The number of anilines is 6. The van der Waals surface area contributed by atoms with E-state index < -0.39 is 5.41 Å². The van der Waals surface area contributed by atoms with Crippen molar-refractivity contribution >= 4 is 44.9 Å². The maximum absolute atomic E-state index is 2.48. The van der Waals surface area contributed by atoms with Crippen LogP contribution in [0.15, 0.2) is 243 Å². The van der Waals surface area contributed by atoms with Crippen LogP contribution >= 0.6 is 0 Å². The minimum atomic E-state index is -0.600. The van der Waals surface area contributed by atoms with E-state index in [4.69, 9.17) is 0 Å². The first-order valence-corrected chi connectivity index (χ1v) is 21.1. The van der Waals surface area contributed by atoms with Crippen molar-refractivity contribution in [3.8, 4) is 33.4 Å². The van der Waals surface area contributed by atoms with E-state index in [-0.39, 0.29) is 0 Å². The van der Waals surface area contributed by atoms with E-state index in [1.165, 1.54) is 66.4 Å². The molecule has 10 aromatic carbocycles. The summed E-state index contributed by atoms with van der Waals surface area (Å²) in [6.07, 6.45) is 0. The Hall–Kier alpha value is -7.94. The van der Waals surface area contributed by atoms with Crippen molar-refractivity contribution in [3.63, 3.8) is 0 Å². The van der Waals surface area contributed by atoms with E-state index in [1.54, 1.807) is 0 Å². The van der Waals surface area contributed by atoms with Crippen LogP contribution in [0.5, 0.6) is 0 Å². The molecule has 0 saturated heterocycles. The fourth-order valence-electron chi connectivity index (χ4n) is 10.4. The number of fused-ring (bicyclic) bond motifs is 12. The van der Waals surface area contributed by atoms with Gasteiger partial charge in [0.2, 0.25) is 0 Å². The number of benzene rings is 10. The molecule has 2 nitrogen and oxygen atoms in total. The third-order valence-electron chi connectivity index (χ3n) is 12.8. The Morgan fingerprint density at radius 2 is 0.754 bits per heavy atom. The lowest BCUT2D eigenvalue weighted by molar-refractivity contribution is 0.801. The minimum absolute atomic E-state index is 0.600. The van der Waals surface area contributed by atoms with E-state index in [9.17, 15) is 0 Å². The van der Waals surface area contributed by atoms with Crippen molar-refractivity contribution < 1.29 is 0 Å². The van der Waals surface area contributed by atoms with Gasteiger partial charge < -0.3 is 9.80 Å². The fraction of sp³-hybridized carbons (Fsp3) is 0.0169. The molecule has 0 saturated carbocycles. The van der Waals surface area contributed by atoms with Gasteiger partial charge in [-0.1, -0.05) is 182 Å². The molecule has 0 amide bonds. The summed E-state index contributed by atoms with van der Waals surface area (Å²) in [6.45, 7) is 0. The van der Waals surface area contributed by atoms with Gasteiger partial charge in [0.05, 0.1) is 16.8 Å². The largest absolute Gasteiger partial charge is 0.310 e. The normalized spacial score (nSPS) is 14.3. The Kier molecular flexibility index (Phi) is 8.11. The standard InChI is InChI=1S/C59H40N2/c1-5-21-41(22-6-1)42-24-19-31-47(39-42)61(46-29-11-4-12-30-46)55-40-43-23-13-14-32-48(43)58-57(55)50-34-16-18-36-52(50)59(58)51-35-17-15-33-49(51)56-53(59)37-20-38-54(56)60(44-25-7-2-8-26-44)45-27-9-3-10-28-45/h1-40H. The van der Waals surface area contributed by atoms with E-state index in [0.29, 0.717) is 0 Å². The van der Waals surface area contributed by atoms with Crippen molar-refractivity contribution in [1.82, 2.24) is 0 Å². The molecule has 1 atom stereocenters. The molecule has 0 heterocycles. The maximum atomic E-state index is 2.48. The van der Waals surface area contributed by atoms with Crippen LogP contribution in [0.2, 0.25) is 0 Å². The molecule has 10 aromatic rings. The predicted molar refractivity (Wildman–Crippen MR) is 255 cm³/mol. The fourth-order valence-corrected chi connectivity index (χ4v) is 10.4. The summed E-state index contributed by atoms with van der Waals surface area (Å²) < 4.78 is 0. The molecule has 2 heteroatoms. The highest BCUT2D eigenvalue weighted by Gasteiger charge is 2.54. The molecule has 0 aliphatic heterocycles. The summed E-state index contributed by atoms with van der Waals surface area (Å²) in [7, 11) is 0.